The maximum Gasteiger partial charge on any atom is 0.255 e. The third kappa shape index (κ3) is 4.16. The van der Waals surface area contributed by atoms with Gasteiger partial charge in [-0.05, 0) is 55.5 Å². The Kier molecular flexibility index (Phi) is 5.11. The number of rotatable bonds is 4. The molecule has 0 fully saturated rings. The number of anilines is 1. The van der Waals surface area contributed by atoms with Crippen molar-refractivity contribution in [2.75, 3.05) is 11.9 Å². The maximum atomic E-state index is 12.0. The van der Waals surface area contributed by atoms with Gasteiger partial charge in [0.2, 0.25) is 0 Å². The van der Waals surface area contributed by atoms with Crippen molar-refractivity contribution in [2.24, 2.45) is 0 Å². The number of nitrogens with one attached hydrogen (secondary N) is 2. The third-order valence-electron chi connectivity index (χ3n) is 2.85. The minimum atomic E-state index is -0.187. The Morgan fingerprint density at radius 2 is 1.43 bits per heavy atom. The fourth-order valence-corrected chi connectivity index (χ4v) is 2.04. The number of halogens is 1. The van der Waals surface area contributed by atoms with Crippen molar-refractivity contribution in [3.05, 3.63) is 64.1 Å². The Hall–Kier alpha value is -2.14. The lowest BCUT2D eigenvalue weighted by atomic mass is 10.1. The molecule has 2 aromatic rings. The maximum absolute atomic E-state index is 12.0. The van der Waals surface area contributed by atoms with E-state index in [1.165, 1.54) is 0 Å². The standard InChI is InChI=1S/C16H15BrN2O2/c1-2-18-15(20)11-5-9-14(10-6-11)19-16(21)12-3-7-13(17)8-4-12/h3-10H,2H2,1H3,(H,18,20)(H,19,21). The predicted octanol–water partition coefficient (Wildman–Crippen LogP) is 3.45. The van der Waals surface area contributed by atoms with Crippen molar-refractivity contribution in [1.29, 1.82) is 0 Å². The summed E-state index contributed by atoms with van der Waals surface area (Å²) in [5, 5.41) is 5.51. The van der Waals surface area contributed by atoms with Crippen LogP contribution in [0.5, 0.6) is 0 Å². The summed E-state index contributed by atoms with van der Waals surface area (Å²) in [6, 6.07) is 13.9. The van der Waals surface area contributed by atoms with E-state index in [0.29, 0.717) is 23.4 Å². The van der Waals surface area contributed by atoms with Gasteiger partial charge in [0.1, 0.15) is 0 Å². The highest BCUT2D eigenvalue weighted by molar-refractivity contribution is 9.10. The van der Waals surface area contributed by atoms with E-state index >= 15 is 0 Å². The van der Waals surface area contributed by atoms with Crippen LogP contribution in [0.15, 0.2) is 53.0 Å². The minimum Gasteiger partial charge on any atom is -0.352 e. The zero-order valence-electron chi connectivity index (χ0n) is 11.5. The van der Waals surface area contributed by atoms with Gasteiger partial charge in [-0.1, -0.05) is 15.9 Å². The van der Waals surface area contributed by atoms with Gasteiger partial charge in [-0.15, -0.1) is 0 Å². The SMILES string of the molecule is CCNC(=O)c1ccc(NC(=O)c2ccc(Br)cc2)cc1. The van der Waals surface area contributed by atoms with Crippen LogP contribution in [0.1, 0.15) is 27.6 Å². The van der Waals surface area contributed by atoms with Crippen LogP contribution in [0.25, 0.3) is 0 Å². The monoisotopic (exact) mass is 346 g/mol. The van der Waals surface area contributed by atoms with Gasteiger partial charge in [0, 0.05) is 27.8 Å². The molecule has 2 amide bonds. The van der Waals surface area contributed by atoms with E-state index in [0.717, 1.165) is 4.47 Å². The molecule has 0 atom stereocenters. The molecular weight excluding hydrogens is 332 g/mol. The third-order valence-corrected chi connectivity index (χ3v) is 3.38. The van der Waals surface area contributed by atoms with E-state index in [4.69, 9.17) is 0 Å². The molecule has 0 unspecified atom stereocenters. The van der Waals surface area contributed by atoms with E-state index in [1.807, 2.05) is 19.1 Å². The van der Waals surface area contributed by atoms with Gasteiger partial charge in [0.25, 0.3) is 11.8 Å². The second-order valence-corrected chi connectivity index (χ2v) is 5.31. The molecule has 108 valence electrons. The molecule has 0 radical (unpaired) electrons. The zero-order chi connectivity index (χ0) is 15.2. The van der Waals surface area contributed by atoms with Crippen molar-refractivity contribution in [3.8, 4) is 0 Å². The molecular formula is C16H15BrN2O2. The van der Waals surface area contributed by atoms with Crippen LogP contribution < -0.4 is 10.6 Å². The molecule has 4 nitrogen and oxygen atoms in total. The fourth-order valence-electron chi connectivity index (χ4n) is 1.77. The first-order valence-electron chi connectivity index (χ1n) is 6.55. The van der Waals surface area contributed by atoms with Crippen LogP contribution in [-0.4, -0.2) is 18.4 Å². The van der Waals surface area contributed by atoms with E-state index in [2.05, 4.69) is 26.6 Å². The van der Waals surface area contributed by atoms with Crippen molar-refractivity contribution >= 4 is 33.4 Å². The first-order chi connectivity index (χ1) is 10.1. The fraction of sp³-hybridized carbons (Fsp3) is 0.125. The largest absolute Gasteiger partial charge is 0.352 e. The van der Waals surface area contributed by atoms with E-state index in [9.17, 15) is 9.59 Å². The number of hydrogen-bond acceptors (Lipinski definition) is 2. The minimum absolute atomic E-state index is 0.122. The van der Waals surface area contributed by atoms with Crippen LogP contribution in [-0.2, 0) is 0 Å². The Morgan fingerprint density at radius 1 is 0.905 bits per heavy atom. The predicted molar refractivity (Wildman–Crippen MR) is 86.5 cm³/mol. The molecule has 0 saturated heterocycles. The van der Waals surface area contributed by atoms with Crippen LogP contribution in [0, 0.1) is 0 Å². The number of carbonyl (C=O) groups is 2. The first kappa shape index (κ1) is 15.3. The quantitative estimate of drug-likeness (QED) is 0.890. The topological polar surface area (TPSA) is 58.2 Å². The van der Waals surface area contributed by atoms with Gasteiger partial charge in [-0.25, -0.2) is 0 Å². The number of amides is 2. The second kappa shape index (κ2) is 7.04. The second-order valence-electron chi connectivity index (χ2n) is 4.40. The Morgan fingerprint density at radius 3 is 2.00 bits per heavy atom. The average molecular weight is 347 g/mol. The van der Waals surface area contributed by atoms with E-state index < -0.39 is 0 Å². The van der Waals surface area contributed by atoms with Gasteiger partial charge < -0.3 is 10.6 Å². The summed E-state index contributed by atoms with van der Waals surface area (Å²) in [5.74, 6) is -0.309. The molecule has 0 aromatic heterocycles. The molecule has 0 aliphatic heterocycles. The molecule has 0 aliphatic rings. The van der Waals surface area contributed by atoms with Gasteiger partial charge in [-0.3, -0.25) is 9.59 Å². The molecule has 5 heteroatoms. The molecule has 0 aliphatic carbocycles. The molecule has 0 spiro atoms. The summed E-state index contributed by atoms with van der Waals surface area (Å²) in [6.07, 6.45) is 0. The van der Waals surface area contributed by atoms with Gasteiger partial charge in [0.15, 0.2) is 0 Å². The molecule has 0 saturated carbocycles. The van der Waals surface area contributed by atoms with Crippen LogP contribution in [0.4, 0.5) is 5.69 Å². The van der Waals surface area contributed by atoms with Crippen molar-refractivity contribution < 1.29 is 9.59 Å². The Balaban J connectivity index is 2.04. The van der Waals surface area contributed by atoms with E-state index in [-0.39, 0.29) is 11.8 Å². The van der Waals surface area contributed by atoms with Gasteiger partial charge in [-0.2, -0.15) is 0 Å². The lowest BCUT2D eigenvalue weighted by Gasteiger charge is -2.07. The highest BCUT2D eigenvalue weighted by Crippen LogP contribution is 2.14. The lowest BCUT2D eigenvalue weighted by Crippen LogP contribution is -2.22. The smallest absolute Gasteiger partial charge is 0.255 e. The highest BCUT2D eigenvalue weighted by Gasteiger charge is 2.07. The molecule has 2 N–H and O–H groups in total. The first-order valence-corrected chi connectivity index (χ1v) is 7.34. The Labute approximate surface area is 131 Å². The average Bonchev–Trinajstić information content (AvgIpc) is 2.49. The lowest BCUT2D eigenvalue weighted by molar-refractivity contribution is 0.0955. The summed E-state index contributed by atoms with van der Waals surface area (Å²) >= 11 is 3.33. The van der Waals surface area contributed by atoms with Crippen LogP contribution in [0.3, 0.4) is 0 Å². The van der Waals surface area contributed by atoms with Crippen molar-refractivity contribution in [2.45, 2.75) is 6.92 Å². The summed E-state index contributed by atoms with van der Waals surface area (Å²) in [4.78, 5) is 23.7. The zero-order valence-corrected chi connectivity index (χ0v) is 13.1. The van der Waals surface area contributed by atoms with Crippen LogP contribution in [0.2, 0.25) is 0 Å². The number of carbonyl (C=O) groups excluding carboxylic acids is 2. The summed E-state index contributed by atoms with van der Waals surface area (Å²) in [7, 11) is 0. The van der Waals surface area contributed by atoms with Gasteiger partial charge >= 0.3 is 0 Å². The summed E-state index contributed by atoms with van der Waals surface area (Å²) in [5.41, 5.74) is 1.79. The van der Waals surface area contributed by atoms with Crippen molar-refractivity contribution in [1.82, 2.24) is 5.32 Å². The molecule has 2 rings (SSSR count). The molecule has 0 bridgehead atoms. The molecule has 0 heterocycles. The normalized spacial score (nSPS) is 10.0. The van der Waals surface area contributed by atoms with Crippen molar-refractivity contribution in [3.63, 3.8) is 0 Å². The van der Waals surface area contributed by atoms with Crippen LogP contribution >= 0.6 is 15.9 Å². The van der Waals surface area contributed by atoms with E-state index in [1.54, 1.807) is 36.4 Å². The number of hydrogen-bond donors (Lipinski definition) is 2. The molecule has 21 heavy (non-hydrogen) atoms. The van der Waals surface area contributed by atoms with Gasteiger partial charge in [0.05, 0.1) is 0 Å². The Bertz CT molecular complexity index is 636. The molecule has 2 aromatic carbocycles. The highest BCUT2D eigenvalue weighted by atomic mass is 79.9. The summed E-state index contributed by atoms with van der Waals surface area (Å²) < 4.78 is 0.922. The number of benzene rings is 2. The summed E-state index contributed by atoms with van der Waals surface area (Å²) in [6.45, 7) is 2.45.